The Morgan fingerprint density at radius 3 is 2.84 bits per heavy atom. The molecule has 0 saturated carbocycles. The number of benzene rings is 1. The maximum absolute atomic E-state index is 12.0. The minimum absolute atomic E-state index is 0.164. The summed E-state index contributed by atoms with van der Waals surface area (Å²) in [6.45, 7) is 6.77. The molecule has 0 aliphatic carbocycles. The summed E-state index contributed by atoms with van der Waals surface area (Å²) in [4.78, 5) is 12.0. The molecule has 1 unspecified atom stereocenters. The van der Waals surface area contributed by atoms with E-state index in [-0.39, 0.29) is 23.9 Å². The second kappa shape index (κ2) is 5.74. The molecule has 2 rings (SSSR count). The Hall–Kier alpha value is -1.35. The molecule has 19 heavy (non-hydrogen) atoms. The van der Waals surface area contributed by atoms with E-state index < -0.39 is 0 Å². The first-order chi connectivity index (χ1) is 8.96. The Balaban J connectivity index is 1.95. The monoisotopic (exact) mass is 262 g/mol. The van der Waals surface area contributed by atoms with Crippen molar-refractivity contribution >= 4 is 5.78 Å². The minimum Gasteiger partial charge on any atom is -0.493 e. The van der Waals surface area contributed by atoms with Gasteiger partial charge in [-0.2, -0.15) is 0 Å². The van der Waals surface area contributed by atoms with E-state index in [9.17, 15) is 4.79 Å². The van der Waals surface area contributed by atoms with Gasteiger partial charge < -0.3 is 9.47 Å². The molecule has 3 nitrogen and oxygen atoms in total. The van der Waals surface area contributed by atoms with Crippen LogP contribution < -0.4 is 4.74 Å². The first-order valence-electron chi connectivity index (χ1n) is 6.83. The van der Waals surface area contributed by atoms with E-state index in [1.54, 1.807) is 0 Å². The summed E-state index contributed by atoms with van der Waals surface area (Å²) >= 11 is 0. The predicted octanol–water partition coefficient (Wildman–Crippen LogP) is 3.33. The standard InChI is InChI=1S/C16H22O3/c1-16(2,3)19-11-13(17)10-12-8-9-18-15-7-5-4-6-14(12)15/h4-7,12H,8-11H2,1-3H3. The van der Waals surface area contributed by atoms with Crippen LogP contribution in [0.25, 0.3) is 0 Å². The van der Waals surface area contributed by atoms with Gasteiger partial charge in [0.1, 0.15) is 12.4 Å². The number of Topliss-reactive ketones (excluding diaryl/α,β-unsaturated/α-hetero) is 1. The molecule has 0 fully saturated rings. The molecule has 3 heteroatoms. The topological polar surface area (TPSA) is 35.5 Å². The molecule has 1 aromatic rings. The summed E-state index contributed by atoms with van der Waals surface area (Å²) in [5.74, 6) is 1.35. The highest BCUT2D eigenvalue weighted by Crippen LogP contribution is 2.35. The zero-order valence-corrected chi connectivity index (χ0v) is 11.9. The Morgan fingerprint density at radius 2 is 2.11 bits per heavy atom. The molecule has 0 N–H and O–H groups in total. The first-order valence-corrected chi connectivity index (χ1v) is 6.83. The van der Waals surface area contributed by atoms with Crippen LogP contribution in [0, 0.1) is 0 Å². The molecule has 104 valence electrons. The number of hydrogen-bond donors (Lipinski definition) is 0. The fourth-order valence-electron chi connectivity index (χ4n) is 2.26. The van der Waals surface area contributed by atoms with E-state index in [4.69, 9.17) is 9.47 Å². The van der Waals surface area contributed by atoms with Crippen molar-refractivity contribution in [1.82, 2.24) is 0 Å². The van der Waals surface area contributed by atoms with E-state index in [2.05, 4.69) is 6.07 Å². The summed E-state index contributed by atoms with van der Waals surface area (Å²) < 4.78 is 11.1. The van der Waals surface area contributed by atoms with Crippen molar-refractivity contribution in [3.63, 3.8) is 0 Å². The predicted molar refractivity (Wildman–Crippen MR) is 74.6 cm³/mol. The number of rotatable bonds is 4. The highest BCUT2D eigenvalue weighted by molar-refractivity contribution is 5.80. The van der Waals surface area contributed by atoms with Crippen molar-refractivity contribution in [1.29, 1.82) is 0 Å². The van der Waals surface area contributed by atoms with Crippen LogP contribution in [0.5, 0.6) is 5.75 Å². The Labute approximate surface area is 114 Å². The maximum atomic E-state index is 12.0. The van der Waals surface area contributed by atoms with Crippen LogP contribution >= 0.6 is 0 Å². The third-order valence-electron chi connectivity index (χ3n) is 3.22. The highest BCUT2D eigenvalue weighted by Gasteiger charge is 2.24. The number of para-hydroxylation sites is 1. The number of ether oxygens (including phenoxy) is 2. The van der Waals surface area contributed by atoms with E-state index in [1.165, 1.54) is 0 Å². The Morgan fingerprint density at radius 1 is 1.37 bits per heavy atom. The van der Waals surface area contributed by atoms with Crippen LogP contribution in [-0.2, 0) is 9.53 Å². The van der Waals surface area contributed by atoms with E-state index in [0.29, 0.717) is 13.0 Å². The average Bonchev–Trinajstić information content (AvgIpc) is 2.36. The SMILES string of the molecule is CC(C)(C)OCC(=O)CC1CCOc2ccccc21. The second-order valence-corrected chi connectivity index (χ2v) is 6.02. The summed E-state index contributed by atoms with van der Waals surface area (Å²) in [6.07, 6.45) is 1.44. The van der Waals surface area contributed by atoms with E-state index in [1.807, 2.05) is 39.0 Å². The van der Waals surface area contributed by atoms with Gasteiger partial charge in [0.25, 0.3) is 0 Å². The Bertz CT molecular complexity index is 446. The van der Waals surface area contributed by atoms with Crippen molar-refractivity contribution in [3.8, 4) is 5.75 Å². The molecule has 1 aromatic carbocycles. The normalized spacial score (nSPS) is 18.6. The summed E-state index contributed by atoms with van der Waals surface area (Å²) in [5, 5.41) is 0. The number of hydrogen-bond acceptors (Lipinski definition) is 3. The van der Waals surface area contributed by atoms with Crippen molar-refractivity contribution in [2.24, 2.45) is 0 Å². The maximum Gasteiger partial charge on any atom is 0.159 e. The van der Waals surface area contributed by atoms with Gasteiger partial charge in [-0.25, -0.2) is 0 Å². The second-order valence-electron chi connectivity index (χ2n) is 6.02. The van der Waals surface area contributed by atoms with Crippen LogP contribution in [0.15, 0.2) is 24.3 Å². The lowest BCUT2D eigenvalue weighted by molar-refractivity contribution is -0.128. The van der Waals surface area contributed by atoms with Gasteiger partial charge in [0, 0.05) is 6.42 Å². The molecule has 1 heterocycles. The molecule has 1 aliphatic rings. The summed E-state index contributed by atoms with van der Waals surface area (Å²) in [6, 6.07) is 7.98. The molecule has 0 bridgehead atoms. The van der Waals surface area contributed by atoms with Crippen molar-refractivity contribution in [3.05, 3.63) is 29.8 Å². The first kappa shape index (κ1) is 14.1. The fourth-order valence-corrected chi connectivity index (χ4v) is 2.26. The summed E-state index contributed by atoms with van der Waals surface area (Å²) in [7, 11) is 0. The van der Waals surface area contributed by atoms with Gasteiger partial charge in [0.05, 0.1) is 12.2 Å². The van der Waals surface area contributed by atoms with Crippen LogP contribution in [0.4, 0.5) is 0 Å². The number of carbonyl (C=O) groups is 1. The van der Waals surface area contributed by atoms with Crippen LogP contribution in [0.2, 0.25) is 0 Å². The molecule has 0 amide bonds. The van der Waals surface area contributed by atoms with Crippen molar-refractivity contribution < 1.29 is 14.3 Å². The molecule has 1 aliphatic heterocycles. The molecular weight excluding hydrogens is 240 g/mol. The van der Waals surface area contributed by atoms with Gasteiger partial charge in [-0.05, 0) is 44.7 Å². The van der Waals surface area contributed by atoms with Crippen LogP contribution in [-0.4, -0.2) is 24.6 Å². The van der Waals surface area contributed by atoms with Gasteiger partial charge in [0.2, 0.25) is 0 Å². The molecule has 0 aromatic heterocycles. The van der Waals surface area contributed by atoms with E-state index >= 15 is 0 Å². The molecule has 0 spiro atoms. The molecule has 0 radical (unpaired) electrons. The Kier molecular flexibility index (Phi) is 4.25. The van der Waals surface area contributed by atoms with Crippen LogP contribution in [0.3, 0.4) is 0 Å². The minimum atomic E-state index is -0.261. The van der Waals surface area contributed by atoms with Gasteiger partial charge >= 0.3 is 0 Å². The quantitative estimate of drug-likeness (QED) is 0.835. The van der Waals surface area contributed by atoms with Gasteiger partial charge in [-0.1, -0.05) is 18.2 Å². The lowest BCUT2D eigenvalue weighted by Gasteiger charge is -2.26. The van der Waals surface area contributed by atoms with Gasteiger partial charge in [-0.15, -0.1) is 0 Å². The zero-order chi connectivity index (χ0) is 13.9. The number of ketones is 1. The lowest BCUT2D eigenvalue weighted by atomic mass is 9.89. The number of fused-ring (bicyclic) bond motifs is 1. The van der Waals surface area contributed by atoms with Crippen LogP contribution in [0.1, 0.15) is 45.1 Å². The fraction of sp³-hybridized carbons (Fsp3) is 0.562. The molecule has 1 atom stereocenters. The highest BCUT2D eigenvalue weighted by atomic mass is 16.5. The van der Waals surface area contributed by atoms with Crippen molar-refractivity contribution in [2.75, 3.05) is 13.2 Å². The summed E-state index contributed by atoms with van der Waals surface area (Å²) in [5.41, 5.74) is 0.890. The third-order valence-corrected chi connectivity index (χ3v) is 3.22. The van der Waals surface area contributed by atoms with Gasteiger partial charge in [0.15, 0.2) is 5.78 Å². The molecule has 0 saturated heterocycles. The average molecular weight is 262 g/mol. The molecular formula is C16H22O3. The number of carbonyl (C=O) groups excluding carboxylic acids is 1. The smallest absolute Gasteiger partial charge is 0.159 e. The largest absolute Gasteiger partial charge is 0.493 e. The third kappa shape index (κ3) is 4.06. The van der Waals surface area contributed by atoms with Gasteiger partial charge in [-0.3, -0.25) is 4.79 Å². The lowest BCUT2D eigenvalue weighted by Crippen LogP contribution is -2.25. The van der Waals surface area contributed by atoms with Crippen molar-refractivity contribution in [2.45, 2.75) is 45.1 Å². The zero-order valence-electron chi connectivity index (χ0n) is 11.9. The van der Waals surface area contributed by atoms with E-state index in [0.717, 1.165) is 17.7 Å².